The summed E-state index contributed by atoms with van der Waals surface area (Å²) in [5.74, 6) is 0.534. The Morgan fingerprint density at radius 2 is 1.82 bits per heavy atom. The van der Waals surface area contributed by atoms with Gasteiger partial charge in [0.15, 0.2) is 5.16 Å². The topological polar surface area (TPSA) is 64.4 Å². The molecule has 144 valence electrons. The molecule has 0 unspecified atom stereocenters. The van der Waals surface area contributed by atoms with Crippen LogP contribution in [0.5, 0.6) is 0 Å². The van der Waals surface area contributed by atoms with Crippen molar-refractivity contribution in [3.05, 3.63) is 65.0 Å². The van der Waals surface area contributed by atoms with Crippen molar-refractivity contribution in [2.75, 3.05) is 17.2 Å². The van der Waals surface area contributed by atoms with Gasteiger partial charge in [-0.15, -0.1) is 0 Å². The van der Waals surface area contributed by atoms with Crippen LogP contribution in [0, 0.1) is 0 Å². The number of nitrogens with zero attached hydrogens (tertiary/aromatic N) is 3. The highest BCUT2D eigenvalue weighted by atomic mass is 32.2. The van der Waals surface area contributed by atoms with Gasteiger partial charge in [-0.1, -0.05) is 42.1 Å². The molecule has 0 spiro atoms. The van der Waals surface area contributed by atoms with Gasteiger partial charge in [0.2, 0.25) is 0 Å². The summed E-state index contributed by atoms with van der Waals surface area (Å²) < 4.78 is 7.23. The quantitative estimate of drug-likeness (QED) is 0.481. The molecule has 3 aromatic rings. The molecule has 28 heavy (non-hydrogen) atoms. The average molecular weight is 395 g/mol. The summed E-state index contributed by atoms with van der Waals surface area (Å²) >= 11 is 1.45. The van der Waals surface area contributed by atoms with E-state index in [0.717, 1.165) is 5.69 Å². The van der Waals surface area contributed by atoms with Crippen LogP contribution in [0.15, 0.2) is 64.5 Å². The summed E-state index contributed by atoms with van der Waals surface area (Å²) in [5, 5.41) is 1.26. The van der Waals surface area contributed by atoms with E-state index in [4.69, 9.17) is 4.74 Å². The molecular weight excluding hydrogens is 374 g/mol. The third kappa shape index (κ3) is 3.49. The number of amides is 1. The Kier molecular flexibility index (Phi) is 5.09. The predicted octanol–water partition coefficient (Wildman–Crippen LogP) is 4.09. The average Bonchev–Trinajstić information content (AvgIpc) is 3.07. The van der Waals surface area contributed by atoms with Crippen molar-refractivity contribution < 1.29 is 9.53 Å². The maximum atomic E-state index is 12.9. The minimum Gasteiger partial charge on any atom is -0.443 e. The number of para-hydroxylation sites is 2. The summed E-state index contributed by atoms with van der Waals surface area (Å²) in [6.45, 7) is 4.42. The minimum atomic E-state index is -0.343. The summed E-state index contributed by atoms with van der Waals surface area (Å²) in [6.07, 6.45) is -0.605. The van der Waals surface area contributed by atoms with Gasteiger partial charge in [-0.05, 0) is 38.1 Å². The molecule has 1 saturated heterocycles. The lowest BCUT2D eigenvalue weighted by atomic mass is 10.2. The SMILES string of the molecule is CC(C)n1c(SC[C@H]2CN(c3ccccc3)C(=O)O2)nc2ccccc2c1=O. The molecule has 0 saturated carbocycles. The van der Waals surface area contributed by atoms with E-state index in [-0.39, 0.29) is 23.8 Å². The van der Waals surface area contributed by atoms with Gasteiger partial charge in [-0.25, -0.2) is 9.78 Å². The number of aromatic nitrogens is 2. The number of cyclic esters (lactones) is 1. The first-order chi connectivity index (χ1) is 13.5. The first-order valence-corrected chi connectivity index (χ1v) is 10.2. The van der Waals surface area contributed by atoms with Crippen molar-refractivity contribution >= 4 is 34.4 Å². The number of carbonyl (C=O) groups is 1. The maximum Gasteiger partial charge on any atom is 0.414 e. The first-order valence-electron chi connectivity index (χ1n) is 9.22. The zero-order valence-corrected chi connectivity index (χ0v) is 16.6. The summed E-state index contributed by atoms with van der Waals surface area (Å²) in [7, 11) is 0. The van der Waals surface area contributed by atoms with Crippen molar-refractivity contribution in [2.45, 2.75) is 31.1 Å². The number of hydrogen-bond acceptors (Lipinski definition) is 5. The van der Waals surface area contributed by atoms with Crippen LogP contribution in [-0.2, 0) is 4.74 Å². The molecule has 1 amide bonds. The molecule has 0 bridgehead atoms. The molecule has 1 aliphatic rings. The summed E-state index contributed by atoms with van der Waals surface area (Å²) in [4.78, 5) is 31.4. The van der Waals surface area contributed by atoms with Crippen LogP contribution in [-0.4, -0.2) is 34.0 Å². The Balaban J connectivity index is 1.55. The number of rotatable bonds is 5. The fourth-order valence-corrected chi connectivity index (χ4v) is 4.38. The highest BCUT2D eigenvalue weighted by Crippen LogP contribution is 2.26. The van der Waals surface area contributed by atoms with Gasteiger partial charge < -0.3 is 4.74 Å². The number of hydrogen-bond donors (Lipinski definition) is 0. The van der Waals surface area contributed by atoms with Crippen molar-refractivity contribution in [1.29, 1.82) is 0 Å². The van der Waals surface area contributed by atoms with E-state index < -0.39 is 0 Å². The zero-order valence-electron chi connectivity index (χ0n) is 15.7. The van der Waals surface area contributed by atoms with Crippen molar-refractivity contribution in [3.8, 4) is 0 Å². The van der Waals surface area contributed by atoms with E-state index in [0.29, 0.717) is 28.4 Å². The van der Waals surface area contributed by atoms with Gasteiger partial charge in [0.05, 0.1) is 17.4 Å². The fourth-order valence-electron chi connectivity index (χ4n) is 3.28. The zero-order chi connectivity index (χ0) is 19.7. The monoisotopic (exact) mass is 395 g/mol. The van der Waals surface area contributed by atoms with Crippen LogP contribution >= 0.6 is 11.8 Å². The molecule has 0 radical (unpaired) electrons. The van der Waals surface area contributed by atoms with Crippen LogP contribution < -0.4 is 10.5 Å². The largest absolute Gasteiger partial charge is 0.443 e. The normalized spacial score (nSPS) is 16.8. The van der Waals surface area contributed by atoms with Gasteiger partial charge in [-0.2, -0.15) is 0 Å². The predicted molar refractivity (Wildman–Crippen MR) is 111 cm³/mol. The van der Waals surface area contributed by atoms with E-state index >= 15 is 0 Å². The summed E-state index contributed by atoms with van der Waals surface area (Å²) in [5.41, 5.74) is 1.46. The molecule has 1 atom stereocenters. The lowest BCUT2D eigenvalue weighted by Gasteiger charge is -2.17. The number of benzene rings is 2. The number of fused-ring (bicyclic) bond motifs is 1. The standard InChI is InChI=1S/C21H21N3O3S/c1-14(2)24-19(25)17-10-6-7-11-18(17)22-20(24)28-13-16-12-23(21(26)27-16)15-8-4-3-5-9-15/h3-11,14,16H,12-13H2,1-2H3/t16-/m1/s1. The van der Waals surface area contributed by atoms with E-state index in [9.17, 15) is 9.59 Å². The molecule has 2 heterocycles. The Morgan fingerprint density at radius 3 is 2.57 bits per heavy atom. The van der Waals surface area contributed by atoms with E-state index in [1.807, 2.05) is 62.4 Å². The second kappa shape index (κ2) is 7.67. The van der Waals surface area contributed by atoms with Crippen LogP contribution in [0.1, 0.15) is 19.9 Å². The van der Waals surface area contributed by atoms with Crippen LogP contribution in [0.2, 0.25) is 0 Å². The second-order valence-corrected chi connectivity index (χ2v) is 7.93. The minimum absolute atomic E-state index is 0.0148. The lowest BCUT2D eigenvalue weighted by Crippen LogP contribution is -2.26. The Bertz CT molecular complexity index is 1070. The Labute approximate surface area is 167 Å². The smallest absolute Gasteiger partial charge is 0.414 e. The third-order valence-corrected chi connectivity index (χ3v) is 5.72. The van der Waals surface area contributed by atoms with Gasteiger partial charge in [-0.3, -0.25) is 14.3 Å². The molecule has 4 rings (SSSR count). The van der Waals surface area contributed by atoms with Crippen LogP contribution in [0.4, 0.5) is 10.5 Å². The highest BCUT2D eigenvalue weighted by molar-refractivity contribution is 7.99. The van der Waals surface area contributed by atoms with Gasteiger partial charge in [0, 0.05) is 17.5 Å². The Hall–Kier alpha value is -2.80. The molecule has 2 aromatic carbocycles. The maximum absolute atomic E-state index is 12.9. The number of carbonyl (C=O) groups excluding carboxylic acids is 1. The number of thioether (sulfide) groups is 1. The van der Waals surface area contributed by atoms with Gasteiger partial charge in [0.1, 0.15) is 6.10 Å². The van der Waals surface area contributed by atoms with Gasteiger partial charge in [0.25, 0.3) is 5.56 Å². The molecular formula is C21H21N3O3S. The second-order valence-electron chi connectivity index (χ2n) is 6.94. The molecule has 0 aliphatic carbocycles. The Morgan fingerprint density at radius 1 is 1.11 bits per heavy atom. The molecule has 7 heteroatoms. The highest BCUT2D eigenvalue weighted by Gasteiger charge is 2.32. The molecule has 6 nitrogen and oxygen atoms in total. The molecule has 1 aliphatic heterocycles. The van der Waals surface area contributed by atoms with Gasteiger partial charge >= 0.3 is 6.09 Å². The van der Waals surface area contributed by atoms with Crippen molar-refractivity contribution in [2.24, 2.45) is 0 Å². The third-order valence-electron chi connectivity index (χ3n) is 4.63. The van der Waals surface area contributed by atoms with E-state index in [1.54, 1.807) is 15.5 Å². The van der Waals surface area contributed by atoms with Crippen LogP contribution in [0.25, 0.3) is 10.9 Å². The fraction of sp³-hybridized carbons (Fsp3) is 0.286. The van der Waals surface area contributed by atoms with Crippen LogP contribution in [0.3, 0.4) is 0 Å². The molecule has 1 aromatic heterocycles. The lowest BCUT2D eigenvalue weighted by molar-refractivity contribution is 0.151. The van der Waals surface area contributed by atoms with E-state index in [2.05, 4.69) is 4.98 Å². The summed E-state index contributed by atoms with van der Waals surface area (Å²) in [6, 6.07) is 16.8. The van der Waals surface area contributed by atoms with E-state index in [1.165, 1.54) is 11.8 Å². The number of ether oxygens (including phenoxy) is 1. The van der Waals surface area contributed by atoms with Crippen molar-refractivity contribution in [1.82, 2.24) is 9.55 Å². The first kappa shape index (κ1) is 18.6. The molecule has 0 N–H and O–H groups in total. The number of anilines is 1. The molecule has 1 fully saturated rings. The van der Waals surface area contributed by atoms with Crippen molar-refractivity contribution in [3.63, 3.8) is 0 Å².